The molecule has 0 saturated carbocycles. The van der Waals surface area contributed by atoms with Gasteiger partial charge in [0, 0.05) is 13.1 Å². The predicted octanol–water partition coefficient (Wildman–Crippen LogP) is -0.624. The normalized spacial score (nSPS) is 19.6. The number of hydrogen-bond acceptors (Lipinski definition) is 4. The minimum atomic E-state index is -0.133. The first-order valence-corrected chi connectivity index (χ1v) is 7.09. The van der Waals surface area contributed by atoms with Crippen LogP contribution in [0.1, 0.15) is 0 Å². The lowest BCUT2D eigenvalue weighted by Gasteiger charge is -2.25. The molecule has 0 unspecified atom stereocenters. The largest absolute Gasteiger partial charge is 0.443 e. The Balaban J connectivity index is 1.67. The Kier molecular flexibility index (Phi) is 4.16. The van der Waals surface area contributed by atoms with E-state index in [0.29, 0.717) is 52.6 Å². The molecule has 2 aliphatic rings. The minimum Gasteiger partial charge on any atom is -0.378 e. The van der Waals surface area contributed by atoms with E-state index in [1.807, 2.05) is 0 Å². The van der Waals surface area contributed by atoms with Gasteiger partial charge in [0.1, 0.15) is 12.4 Å². The van der Waals surface area contributed by atoms with E-state index in [2.05, 4.69) is 0 Å². The smallest absolute Gasteiger partial charge is 0.378 e. The van der Waals surface area contributed by atoms with Gasteiger partial charge in [0.05, 0.1) is 39.5 Å². The molecule has 1 aromatic rings. The molecule has 0 spiro atoms. The van der Waals surface area contributed by atoms with Crippen LogP contribution >= 0.6 is 0 Å². The van der Waals surface area contributed by atoms with Gasteiger partial charge < -0.3 is 14.4 Å². The number of ether oxygens (including phenoxy) is 2. The number of imidazole rings is 1. The van der Waals surface area contributed by atoms with Gasteiger partial charge >= 0.3 is 12.1 Å². The number of nitrogens with zero attached hydrogens (tertiary/aromatic N) is 4. The van der Waals surface area contributed by atoms with Crippen LogP contribution in [0.2, 0.25) is 0 Å². The van der Waals surface area contributed by atoms with Crippen LogP contribution in [0.15, 0.2) is 18.7 Å². The van der Waals surface area contributed by atoms with Crippen molar-refractivity contribution in [1.82, 2.24) is 14.4 Å². The predicted molar refractivity (Wildman–Crippen MR) is 71.0 cm³/mol. The molecule has 2 amide bonds. The Morgan fingerprint density at radius 2 is 1.48 bits per heavy atom. The van der Waals surface area contributed by atoms with Gasteiger partial charge in [-0.25, -0.2) is 9.59 Å². The average Bonchev–Trinajstić information content (AvgIpc) is 3.05. The van der Waals surface area contributed by atoms with Crippen molar-refractivity contribution in [3.05, 3.63) is 18.7 Å². The molecule has 21 heavy (non-hydrogen) atoms. The van der Waals surface area contributed by atoms with Crippen molar-refractivity contribution in [2.75, 3.05) is 52.6 Å². The second-order valence-electron chi connectivity index (χ2n) is 4.99. The summed E-state index contributed by atoms with van der Waals surface area (Å²) < 4.78 is 13.3. The topological polar surface area (TPSA) is 67.9 Å². The molecule has 2 fully saturated rings. The Bertz CT molecular complexity index is 473. The summed E-state index contributed by atoms with van der Waals surface area (Å²) in [4.78, 5) is 28.0. The van der Waals surface area contributed by atoms with E-state index in [4.69, 9.17) is 9.47 Å². The van der Waals surface area contributed by atoms with E-state index >= 15 is 0 Å². The number of amides is 2. The summed E-state index contributed by atoms with van der Waals surface area (Å²) in [5.41, 5.74) is 0. The number of carbonyl (C=O) groups is 2. The standard InChI is InChI=1S/C13H19N4O4/c18-12(14-3-7-20-8-4-14)16-1-2-17(11-16)13(19)15-5-9-21-10-6-15/h1-2,11H,3-10H2/q+1. The number of rotatable bonds is 0. The Hall–Kier alpha value is -1.93. The fourth-order valence-electron chi connectivity index (χ4n) is 2.42. The molecule has 2 aliphatic heterocycles. The van der Waals surface area contributed by atoms with Crippen LogP contribution in [0.25, 0.3) is 0 Å². The van der Waals surface area contributed by atoms with Gasteiger partial charge in [0.15, 0.2) is 0 Å². The zero-order chi connectivity index (χ0) is 14.7. The summed E-state index contributed by atoms with van der Waals surface area (Å²) in [6, 6.07) is -0.265. The number of morpholine rings is 2. The molecule has 0 atom stereocenters. The third-order valence-electron chi connectivity index (χ3n) is 3.64. The number of carbonyl (C=O) groups excluding carboxylic acids is 2. The van der Waals surface area contributed by atoms with E-state index < -0.39 is 0 Å². The maximum absolute atomic E-state index is 12.3. The van der Waals surface area contributed by atoms with Crippen molar-refractivity contribution in [3.63, 3.8) is 0 Å². The third kappa shape index (κ3) is 3.06. The van der Waals surface area contributed by atoms with Crippen LogP contribution in [0.5, 0.6) is 0 Å². The molecule has 8 nitrogen and oxygen atoms in total. The first kappa shape index (κ1) is 14.0. The molecule has 0 N–H and O–H groups in total. The molecule has 3 rings (SSSR count). The average molecular weight is 295 g/mol. The van der Waals surface area contributed by atoms with Crippen LogP contribution in [-0.4, -0.2) is 79.0 Å². The van der Waals surface area contributed by atoms with Crippen LogP contribution in [-0.2, 0) is 9.47 Å². The number of aromatic nitrogens is 2. The molecule has 0 radical (unpaired) electrons. The molecule has 8 heteroatoms. The summed E-state index contributed by atoms with van der Waals surface area (Å²) in [5.74, 6) is 0. The highest BCUT2D eigenvalue weighted by atomic mass is 16.5. The van der Waals surface area contributed by atoms with Gasteiger partial charge in [0.2, 0.25) is 6.33 Å². The van der Waals surface area contributed by atoms with Gasteiger partial charge in [-0.3, -0.25) is 4.90 Å². The summed E-state index contributed by atoms with van der Waals surface area (Å²) in [7, 11) is 0. The fraction of sp³-hybridized carbons (Fsp3) is 0.615. The maximum atomic E-state index is 12.3. The van der Waals surface area contributed by atoms with E-state index in [9.17, 15) is 9.59 Å². The quantitative estimate of drug-likeness (QED) is 0.598. The van der Waals surface area contributed by atoms with E-state index in [1.54, 1.807) is 22.2 Å². The lowest BCUT2D eigenvalue weighted by Crippen LogP contribution is -2.54. The van der Waals surface area contributed by atoms with Crippen LogP contribution in [0, 0.1) is 0 Å². The van der Waals surface area contributed by atoms with Crippen molar-refractivity contribution in [2.45, 2.75) is 0 Å². The fourth-order valence-corrected chi connectivity index (χ4v) is 2.42. The summed E-state index contributed by atoms with van der Waals surface area (Å²) in [6.07, 6.45) is 4.74. The Morgan fingerprint density at radius 1 is 0.905 bits per heavy atom. The molecular formula is C13H19N4O4+. The molecule has 3 heterocycles. The summed E-state index contributed by atoms with van der Waals surface area (Å²) >= 11 is 0. The van der Waals surface area contributed by atoms with Crippen molar-refractivity contribution in [2.24, 2.45) is 0 Å². The van der Waals surface area contributed by atoms with Gasteiger partial charge in [-0.05, 0) is 0 Å². The maximum Gasteiger partial charge on any atom is 0.443 e. The second-order valence-corrected chi connectivity index (χ2v) is 4.99. The van der Waals surface area contributed by atoms with E-state index in [1.165, 1.54) is 15.5 Å². The molecule has 1 aromatic heterocycles. The molecule has 0 aromatic carbocycles. The molecule has 114 valence electrons. The van der Waals surface area contributed by atoms with Gasteiger partial charge in [-0.2, -0.15) is 9.13 Å². The highest BCUT2D eigenvalue weighted by molar-refractivity contribution is 5.76. The molecule has 0 bridgehead atoms. The molecule has 2 saturated heterocycles. The summed E-state index contributed by atoms with van der Waals surface area (Å²) in [6.45, 7) is 4.53. The highest BCUT2D eigenvalue weighted by Gasteiger charge is 2.27. The van der Waals surface area contributed by atoms with Crippen molar-refractivity contribution in [1.29, 1.82) is 0 Å². The summed E-state index contributed by atoms with van der Waals surface area (Å²) in [5, 5.41) is 0. The highest BCUT2D eigenvalue weighted by Crippen LogP contribution is 2.02. The van der Waals surface area contributed by atoms with Crippen LogP contribution < -0.4 is 4.57 Å². The second kappa shape index (κ2) is 6.23. The SMILES string of the molecule is O=C(N1CCOCC1)n1cc[n+](C(=O)N2CCOCC2)c1. The molecular weight excluding hydrogens is 276 g/mol. The van der Waals surface area contributed by atoms with E-state index in [-0.39, 0.29) is 12.1 Å². The lowest BCUT2D eigenvalue weighted by molar-refractivity contribution is -0.577. The Morgan fingerprint density at radius 3 is 2.10 bits per heavy atom. The van der Waals surface area contributed by atoms with Crippen molar-refractivity contribution in [3.8, 4) is 0 Å². The molecule has 0 aliphatic carbocycles. The van der Waals surface area contributed by atoms with E-state index in [0.717, 1.165) is 0 Å². The van der Waals surface area contributed by atoms with Gasteiger partial charge in [-0.15, -0.1) is 0 Å². The monoisotopic (exact) mass is 295 g/mol. The Labute approximate surface area is 122 Å². The van der Waals surface area contributed by atoms with Gasteiger partial charge in [-0.1, -0.05) is 0 Å². The lowest BCUT2D eigenvalue weighted by atomic mass is 10.4. The zero-order valence-corrected chi connectivity index (χ0v) is 11.8. The minimum absolute atomic E-state index is 0.133. The number of hydrogen-bond donors (Lipinski definition) is 0. The van der Waals surface area contributed by atoms with Gasteiger partial charge in [0.25, 0.3) is 0 Å². The van der Waals surface area contributed by atoms with Crippen molar-refractivity contribution < 1.29 is 23.6 Å². The first-order chi connectivity index (χ1) is 10.3. The first-order valence-electron chi connectivity index (χ1n) is 7.09. The third-order valence-corrected chi connectivity index (χ3v) is 3.64. The van der Waals surface area contributed by atoms with Crippen molar-refractivity contribution >= 4 is 12.1 Å². The van der Waals surface area contributed by atoms with Crippen LogP contribution in [0.4, 0.5) is 9.59 Å². The van der Waals surface area contributed by atoms with Crippen LogP contribution in [0.3, 0.4) is 0 Å². The zero-order valence-electron chi connectivity index (χ0n) is 11.8.